The average molecular weight is 329 g/mol. The molecule has 0 radical (unpaired) electrons. The van der Waals surface area contributed by atoms with E-state index in [4.69, 9.17) is 9.52 Å². The molecule has 0 saturated heterocycles. The van der Waals surface area contributed by atoms with Crippen LogP contribution < -0.4 is 0 Å². The highest BCUT2D eigenvalue weighted by molar-refractivity contribution is 9.10. The molecular weight excluding hydrogens is 316 g/mol. The van der Waals surface area contributed by atoms with E-state index in [0.29, 0.717) is 22.8 Å². The van der Waals surface area contributed by atoms with Crippen molar-refractivity contribution in [3.63, 3.8) is 0 Å². The first-order valence-electron chi connectivity index (χ1n) is 5.83. The summed E-state index contributed by atoms with van der Waals surface area (Å²) in [5, 5.41) is 20.3. The number of rotatable bonds is 6. The Labute approximate surface area is 117 Å². The summed E-state index contributed by atoms with van der Waals surface area (Å²) >= 11 is 3.22. The summed E-state index contributed by atoms with van der Waals surface area (Å²) in [5.41, 5.74) is 0. The van der Waals surface area contributed by atoms with Gasteiger partial charge >= 0.3 is 5.97 Å². The molecule has 2 heterocycles. The molecule has 8 heteroatoms. The minimum atomic E-state index is -0.817. The Hall–Kier alpha value is -1.70. The first-order valence-corrected chi connectivity index (χ1v) is 6.63. The molecule has 102 valence electrons. The van der Waals surface area contributed by atoms with Crippen molar-refractivity contribution in [2.45, 2.75) is 26.3 Å². The van der Waals surface area contributed by atoms with E-state index >= 15 is 0 Å². The molecule has 1 atom stereocenters. The molecule has 2 rings (SSSR count). The number of carboxylic acids is 1. The first kappa shape index (κ1) is 13.7. The Morgan fingerprint density at radius 1 is 1.58 bits per heavy atom. The lowest BCUT2D eigenvalue weighted by molar-refractivity contribution is -0.138. The van der Waals surface area contributed by atoms with Gasteiger partial charge in [-0.05, 0) is 44.4 Å². The van der Waals surface area contributed by atoms with Crippen molar-refractivity contribution in [3.8, 4) is 11.6 Å². The molecule has 2 aromatic heterocycles. The number of aliphatic carboxylic acids is 1. The minimum Gasteiger partial charge on any atom is -0.481 e. The second-order valence-corrected chi connectivity index (χ2v) is 4.94. The van der Waals surface area contributed by atoms with E-state index in [9.17, 15) is 4.79 Å². The number of nitrogens with zero attached hydrogens (tertiary/aromatic N) is 4. The van der Waals surface area contributed by atoms with Crippen LogP contribution in [0.4, 0.5) is 0 Å². The summed E-state index contributed by atoms with van der Waals surface area (Å²) in [6.45, 7) is 2.39. The van der Waals surface area contributed by atoms with E-state index in [1.54, 1.807) is 16.8 Å². The Kier molecular flexibility index (Phi) is 4.31. The van der Waals surface area contributed by atoms with Crippen molar-refractivity contribution in [2.24, 2.45) is 5.92 Å². The Balaban J connectivity index is 2.17. The van der Waals surface area contributed by atoms with Gasteiger partial charge in [0.05, 0.1) is 0 Å². The van der Waals surface area contributed by atoms with E-state index in [1.165, 1.54) is 0 Å². The summed E-state index contributed by atoms with van der Waals surface area (Å²) in [7, 11) is 0. The van der Waals surface area contributed by atoms with Crippen LogP contribution in [0.15, 0.2) is 21.2 Å². The SMILES string of the molecule is CCC(CC(=O)O)Cn1nnnc1-c1ccc(Br)o1. The topological polar surface area (TPSA) is 94.0 Å². The largest absolute Gasteiger partial charge is 0.481 e. The quantitative estimate of drug-likeness (QED) is 0.873. The van der Waals surface area contributed by atoms with Crippen LogP contribution in [0.1, 0.15) is 19.8 Å². The molecule has 2 aromatic rings. The van der Waals surface area contributed by atoms with Crippen molar-refractivity contribution in [2.75, 3.05) is 0 Å². The smallest absolute Gasteiger partial charge is 0.303 e. The molecule has 19 heavy (non-hydrogen) atoms. The fourth-order valence-corrected chi connectivity index (χ4v) is 2.07. The predicted molar refractivity (Wildman–Crippen MR) is 69.3 cm³/mol. The number of tetrazole rings is 1. The molecule has 0 aromatic carbocycles. The Bertz CT molecular complexity index is 566. The lowest BCUT2D eigenvalue weighted by Gasteiger charge is -2.12. The maximum Gasteiger partial charge on any atom is 0.303 e. The third-order valence-corrected chi connectivity index (χ3v) is 3.22. The van der Waals surface area contributed by atoms with Crippen LogP contribution in [-0.4, -0.2) is 31.3 Å². The highest BCUT2D eigenvalue weighted by Gasteiger charge is 2.18. The van der Waals surface area contributed by atoms with Crippen LogP contribution in [0.3, 0.4) is 0 Å². The lowest BCUT2D eigenvalue weighted by atomic mass is 10.0. The third kappa shape index (κ3) is 3.40. The molecule has 7 nitrogen and oxygen atoms in total. The zero-order valence-electron chi connectivity index (χ0n) is 10.3. The normalized spacial score (nSPS) is 12.5. The van der Waals surface area contributed by atoms with Gasteiger partial charge in [0.25, 0.3) is 0 Å². The van der Waals surface area contributed by atoms with E-state index in [-0.39, 0.29) is 12.3 Å². The first-order chi connectivity index (χ1) is 9.10. The van der Waals surface area contributed by atoms with E-state index in [1.807, 2.05) is 6.92 Å². The van der Waals surface area contributed by atoms with Gasteiger partial charge in [-0.2, -0.15) is 0 Å². The summed E-state index contributed by atoms with van der Waals surface area (Å²) in [5.74, 6) is 0.206. The van der Waals surface area contributed by atoms with Crippen molar-refractivity contribution in [1.29, 1.82) is 0 Å². The zero-order valence-corrected chi connectivity index (χ0v) is 11.9. The zero-order chi connectivity index (χ0) is 13.8. The fraction of sp³-hybridized carbons (Fsp3) is 0.455. The molecule has 0 fully saturated rings. The standard InChI is InChI=1S/C11H13BrN4O3/c1-2-7(5-10(17)18)6-16-11(13-14-15-16)8-3-4-9(12)19-8/h3-4,7H,2,5-6H2,1H3,(H,17,18). The molecule has 1 N–H and O–H groups in total. The Morgan fingerprint density at radius 2 is 2.37 bits per heavy atom. The second-order valence-electron chi connectivity index (χ2n) is 4.16. The molecular formula is C11H13BrN4O3. The fourth-order valence-electron chi connectivity index (χ4n) is 1.77. The number of hydrogen-bond acceptors (Lipinski definition) is 5. The molecule has 0 aliphatic carbocycles. The van der Waals surface area contributed by atoms with Gasteiger partial charge in [-0.1, -0.05) is 13.3 Å². The number of hydrogen-bond donors (Lipinski definition) is 1. The number of carbonyl (C=O) groups is 1. The van der Waals surface area contributed by atoms with Gasteiger partial charge in [-0.3, -0.25) is 4.79 Å². The number of carboxylic acid groups (broad SMARTS) is 1. The highest BCUT2D eigenvalue weighted by Crippen LogP contribution is 2.23. The Morgan fingerprint density at radius 3 is 2.95 bits per heavy atom. The van der Waals surface area contributed by atoms with Crippen LogP contribution in [-0.2, 0) is 11.3 Å². The molecule has 0 bridgehead atoms. The molecule has 1 unspecified atom stereocenters. The summed E-state index contributed by atoms with van der Waals surface area (Å²) < 4.78 is 7.57. The molecule has 0 aliphatic heterocycles. The molecule has 0 aliphatic rings. The van der Waals surface area contributed by atoms with Crippen molar-refractivity contribution in [3.05, 3.63) is 16.8 Å². The van der Waals surface area contributed by atoms with Gasteiger partial charge in [-0.25, -0.2) is 4.68 Å². The molecule has 0 spiro atoms. The minimum absolute atomic E-state index is 0.0156. The van der Waals surface area contributed by atoms with Crippen LogP contribution >= 0.6 is 15.9 Å². The highest BCUT2D eigenvalue weighted by atomic mass is 79.9. The van der Waals surface area contributed by atoms with Gasteiger partial charge < -0.3 is 9.52 Å². The number of halogens is 1. The predicted octanol–water partition coefficient (Wildman–Crippen LogP) is 2.20. The lowest BCUT2D eigenvalue weighted by Crippen LogP contribution is -2.16. The number of aromatic nitrogens is 4. The van der Waals surface area contributed by atoms with E-state index in [2.05, 4.69) is 31.5 Å². The third-order valence-electron chi connectivity index (χ3n) is 2.80. The average Bonchev–Trinajstić information content (AvgIpc) is 2.96. The number of furan rings is 1. The van der Waals surface area contributed by atoms with Gasteiger partial charge in [0, 0.05) is 13.0 Å². The van der Waals surface area contributed by atoms with Gasteiger partial charge in [0.2, 0.25) is 5.82 Å². The summed E-state index contributed by atoms with van der Waals surface area (Å²) in [6.07, 6.45) is 0.838. The van der Waals surface area contributed by atoms with Crippen LogP contribution in [0.25, 0.3) is 11.6 Å². The summed E-state index contributed by atoms with van der Waals surface area (Å²) in [6, 6.07) is 3.51. The van der Waals surface area contributed by atoms with E-state index in [0.717, 1.165) is 6.42 Å². The van der Waals surface area contributed by atoms with Crippen LogP contribution in [0.5, 0.6) is 0 Å². The van der Waals surface area contributed by atoms with E-state index < -0.39 is 5.97 Å². The van der Waals surface area contributed by atoms with Crippen molar-refractivity contribution < 1.29 is 14.3 Å². The maximum atomic E-state index is 10.8. The molecule has 0 amide bonds. The van der Waals surface area contributed by atoms with Crippen molar-refractivity contribution in [1.82, 2.24) is 20.2 Å². The summed E-state index contributed by atoms with van der Waals surface area (Å²) in [4.78, 5) is 10.8. The second kappa shape index (κ2) is 5.96. The van der Waals surface area contributed by atoms with Crippen molar-refractivity contribution >= 4 is 21.9 Å². The molecule has 0 saturated carbocycles. The van der Waals surface area contributed by atoms with Crippen LogP contribution in [0.2, 0.25) is 0 Å². The maximum absolute atomic E-state index is 10.8. The van der Waals surface area contributed by atoms with Gasteiger partial charge in [0.15, 0.2) is 10.4 Å². The monoisotopic (exact) mass is 328 g/mol. The van der Waals surface area contributed by atoms with Gasteiger partial charge in [-0.15, -0.1) is 5.10 Å². The van der Waals surface area contributed by atoms with Crippen LogP contribution in [0, 0.1) is 5.92 Å². The van der Waals surface area contributed by atoms with Gasteiger partial charge in [0.1, 0.15) is 0 Å².